The van der Waals surface area contributed by atoms with Crippen LogP contribution in [-0.4, -0.2) is 80.5 Å². The Kier molecular flexibility index (Phi) is 13.4. The number of ether oxygens (including phenoxy) is 3. The molecule has 0 aliphatic heterocycles. The highest BCUT2D eigenvalue weighted by Gasteiger charge is 2.26. The molecule has 212 valence electrons. The highest BCUT2D eigenvalue weighted by atomic mass is 16.5. The number of hydrogen-bond acceptors (Lipinski definition) is 7. The molecule has 0 spiro atoms. The van der Waals surface area contributed by atoms with E-state index in [4.69, 9.17) is 14.2 Å². The Bertz CT molecular complexity index is 1140. The van der Waals surface area contributed by atoms with E-state index in [1.807, 2.05) is 19.1 Å². The van der Waals surface area contributed by atoms with Gasteiger partial charge in [-0.2, -0.15) is 0 Å². The van der Waals surface area contributed by atoms with Crippen LogP contribution in [0.15, 0.2) is 49.6 Å². The number of ketones is 1. The molecule has 8 nitrogen and oxygen atoms in total. The fourth-order valence-corrected chi connectivity index (χ4v) is 4.66. The van der Waals surface area contributed by atoms with Crippen LogP contribution in [0.3, 0.4) is 0 Å². The molecule has 0 fully saturated rings. The summed E-state index contributed by atoms with van der Waals surface area (Å²) >= 11 is 0. The Labute approximate surface area is 231 Å². The first-order chi connectivity index (χ1) is 18.9. The molecule has 2 aromatic carbocycles. The maximum absolute atomic E-state index is 14.2. The zero-order valence-corrected chi connectivity index (χ0v) is 23.3. The van der Waals surface area contributed by atoms with Crippen molar-refractivity contribution in [3.63, 3.8) is 0 Å². The summed E-state index contributed by atoms with van der Waals surface area (Å²) in [6.45, 7) is 10.3. The van der Waals surface area contributed by atoms with E-state index in [-0.39, 0.29) is 44.5 Å². The SMILES string of the molecule is C=CCc1cc(CC=C)c(C(=O)c2ccc(OC)c(OCCO)c2)c(CC(=O)N(CCO)CCOC)c1CC. The third-order valence-electron chi connectivity index (χ3n) is 6.42. The van der Waals surface area contributed by atoms with Crippen LogP contribution in [0, 0.1) is 0 Å². The number of amides is 1. The smallest absolute Gasteiger partial charge is 0.227 e. The molecule has 0 radical (unpaired) electrons. The van der Waals surface area contributed by atoms with Crippen molar-refractivity contribution in [2.45, 2.75) is 32.6 Å². The molecule has 0 atom stereocenters. The summed E-state index contributed by atoms with van der Waals surface area (Å²) in [6.07, 6.45) is 5.18. The normalized spacial score (nSPS) is 10.7. The van der Waals surface area contributed by atoms with Crippen molar-refractivity contribution in [3.8, 4) is 11.5 Å². The van der Waals surface area contributed by atoms with Gasteiger partial charge >= 0.3 is 0 Å². The second-order valence-electron chi connectivity index (χ2n) is 8.91. The molecule has 2 rings (SSSR count). The Morgan fingerprint density at radius 2 is 1.64 bits per heavy atom. The van der Waals surface area contributed by atoms with Crippen molar-refractivity contribution in [2.24, 2.45) is 0 Å². The lowest BCUT2D eigenvalue weighted by atomic mass is 9.83. The minimum Gasteiger partial charge on any atom is -0.493 e. The lowest BCUT2D eigenvalue weighted by Gasteiger charge is -2.25. The summed E-state index contributed by atoms with van der Waals surface area (Å²) in [4.78, 5) is 29.3. The molecular formula is C31H41NO7. The number of rotatable bonds is 18. The van der Waals surface area contributed by atoms with Gasteiger partial charge in [0.15, 0.2) is 17.3 Å². The van der Waals surface area contributed by atoms with Gasteiger partial charge in [0.05, 0.1) is 33.4 Å². The molecular weight excluding hydrogens is 498 g/mol. The third kappa shape index (κ3) is 8.26. The molecule has 0 heterocycles. The quantitative estimate of drug-likeness (QED) is 0.221. The first-order valence-corrected chi connectivity index (χ1v) is 13.1. The van der Waals surface area contributed by atoms with Crippen LogP contribution in [0.2, 0.25) is 0 Å². The number of aliphatic hydroxyl groups excluding tert-OH is 2. The Morgan fingerprint density at radius 3 is 2.23 bits per heavy atom. The van der Waals surface area contributed by atoms with Crippen LogP contribution in [0.4, 0.5) is 0 Å². The molecule has 0 bridgehead atoms. The van der Waals surface area contributed by atoms with Crippen molar-refractivity contribution < 1.29 is 34.0 Å². The molecule has 0 saturated heterocycles. The maximum atomic E-state index is 14.2. The Morgan fingerprint density at radius 1 is 0.923 bits per heavy atom. The van der Waals surface area contributed by atoms with Gasteiger partial charge in [-0.05, 0) is 59.7 Å². The molecule has 39 heavy (non-hydrogen) atoms. The highest BCUT2D eigenvalue weighted by Crippen LogP contribution is 2.33. The van der Waals surface area contributed by atoms with E-state index in [1.165, 1.54) is 7.11 Å². The second kappa shape index (κ2) is 16.5. The molecule has 0 aromatic heterocycles. The van der Waals surface area contributed by atoms with Gasteiger partial charge in [0, 0.05) is 31.3 Å². The number of hydrogen-bond donors (Lipinski definition) is 2. The molecule has 2 aromatic rings. The molecule has 8 heteroatoms. The molecule has 0 unspecified atom stereocenters. The summed E-state index contributed by atoms with van der Waals surface area (Å²) in [5.74, 6) is 0.325. The first-order valence-electron chi connectivity index (χ1n) is 13.1. The van der Waals surface area contributed by atoms with E-state index in [1.54, 1.807) is 36.3 Å². The fourth-order valence-electron chi connectivity index (χ4n) is 4.66. The van der Waals surface area contributed by atoms with Gasteiger partial charge < -0.3 is 29.3 Å². The Balaban J connectivity index is 2.75. The summed E-state index contributed by atoms with van der Waals surface area (Å²) < 4.78 is 16.1. The van der Waals surface area contributed by atoms with Crippen LogP contribution in [0.25, 0.3) is 0 Å². The third-order valence-corrected chi connectivity index (χ3v) is 6.42. The number of benzene rings is 2. The van der Waals surface area contributed by atoms with Gasteiger partial charge in [0.25, 0.3) is 0 Å². The van der Waals surface area contributed by atoms with E-state index in [9.17, 15) is 19.8 Å². The van der Waals surface area contributed by atoms with E-state index in [2.05, 4.69) is 13.2 Å². The Hall–Kier alpha value is -3.46. The topological polar surface area (TPSA) is 106 Å². The lowest BCUT2D eigenvalue weighted by Crippen LogP contribution is -2.37. The van der Waals surface area contributed by atoms with Gasteiger partial charge in [-0.1, -0.05) is 25.1 Å². The summed E-state index contributed by atoms with van der Waals surface area (Å²) in [5, 5.41) is 18.8. The van der Waals surface area contributed by atoms with Crippen LogP contribution >= 0.6 is 0 Å². The first kappa shape index (κ1) is 31.8. The second-order valence-corrected chi connectivity index (χ2v) is 8.91. The van der Waals surface area contributed by atoms with Crippen molar-refractivity contribution in [1.29, 1.82) is 0 Å². The van der Waals surface area contributed by atoms with Gasteiger partial charge in [-0.3, -0.25) is 9.59 Å². The predicted octanol–water partition coefficient (Wildman–Crippen LogP) is 3.33. The standard InChI is InChI=1S/C31H41NO7/c1-6-9-22-19-23(10-7-2)30(31(36)24-11-12-27(38-5)28(20-24)39-18-16-34)26(25(22)8-3)21-29(35)32(13-15-33)14-17-37-4/h6-7,11-12,19-20,33-34H,1-2,8-10,13-18,21H2,3-5H3. The number of carbonyl (C=O) groups excluding carboxylic acids is 2. The maximum Gasteiger partial charge on any atom is 0.227 e. The average molecular weight is 540 g/mol. The number of nitrogens with zero attached hydrogens (tertiary/aromatic N) is 1. The highest BCUT2D eigenvalue weighted by molar-refractivity contribution is 6.12. The van der Waals surface area contributed by atoms with Crippen molar-refractivity contribution in [2.75, 3.05) is 53.7 Å². The molecule has 1 amide bonds. The number of carbonyl (C=O) groups is 2. The largest absolute Gasteiger partial charge is 0.493 e. The average Bonchev–Trinajstić information content (AvgIpc) is 2.94. The zero-order chi connectivity index (χ0) is 28.8. The van der Waals surface area contributed by atoms with Gasteiger partial charge in [-0.15, -0.1) is 13.2 Å². The number of allylic oxidation sites excluding steroid dienone is 2. The van der Waals surface area contributed by atoms with Gasteiger partial charge in [0.1, 0.15) is 6.61 Å². The number of methoxy groups -OCH3 is 2. The minimum atomic E-state index is -0.253. The summed E-state index contributed by atoms with van der Waals surface area (Å²) in [7, 11) is 3.06. The van der Waals surface area contributed by atoms with Crippen LogP contribution < -0.4 is 9.47 Å². The molecule has 0 aliphatic carbocycles. The monoisotopic (exact) mass is 539 g/mol. The van der Waals surface area contributed by atoms with Crippen LogP contribution in [0.5, 0.6) is 11.5 Å². The van der Waals surface area contributed by atoms with Crippen molar-refractivity contribution >= 4 is 11.7 Å². The zero-order valence-electron chi connectivity index (χ0n) is 23.3. The predicted molar refractivity (Wildman–Crippen MR) is 152 cm³/mol. The molecule has 2 N–H and O–H groups in total. The summed E-state index contributed by atoms with van der Waals surface area (Å²) in [5.41, 5.74) is 4.20. The van der Waals surface area contributed by atoms with E-state index in [0.717, 1.165) is 16.7 Å². The van der Waals surface area contributed by atoms with Crippen molar-refractivity contribution in [1.82, 2.24) is 4.90 Å². The fraction of sp³-hybridized carbons (Fsp3) is 0.419. The van der Waals surface area contributed by atoms with Gasteiger partial charge in [0.2, 0.25) is 5.91 Å². The lowest BCUT2D eigenvalue weighted by molar-refractivity contribution is -0.131. The molecule has 0 aliphatic rings. The van der Waals surface area contributed by atoms with Crippen molar-refractivity contribution in [3.05, 3.63) is 83.0 Å². The number of aliphatic hydroxyl groups is 2. The minimum absolute atomic E-state index is 0.00683. The van der Waals surface area contributed by atoms with Gasteiger partial charge in [-0.25, -0.2) is 0 Å². The molecule has 0 saturated carbocycles. The van der Waals surface area contributed by atoms with Crippen LogP contribution in [-0.2, 0) is 35.2 Å². The van der Waals surface area contributed by atoms with Crippen LogP contribution in [0.1, 0.15) is 45.1 Å². The van der Waals surface area contributed by atoms with E-state index in [0.29, 0.717) is 60.6 Å². The van der Waals surface area contributed by atoms with E-state index >= 15 is 0 Å². The van der Waals surface area contributed by atoms with E-state index < -0.39 is 0 Å². The summed E-state index contributed by atoms with van der Waals surface area (Å²) in [6, 6.07) is 6.92.